The topological polar surface area (TPSA) is 48.4 Å². The predicted molar refractivity (Wildman–Crippen MR) is 81.5 cm³/mol. The average molecular weight is 277 g/mol. The minimum absolute atomic E-state index is 0.535. The van der Waals surface area contributed by atoms with Crippen LogP contribution in [0.5, 0.6) is 0 Å². The summed E-state index contributed by atoms with van der Waals surface area (Å²) in [4.78, 5) is 6.84. The maximum absolute atomic E-state index is 10.0. The Bertz CT molecular complexity index is 386. The van der Waals surface area contributed by atoms with Crippen LogP contribution in [0.1, 0.15) is 38.8 Å². The molecule has 2 heterocycles. The summed E-state index contributed by atoms with van der Waals surface area (Å²) in [5.74, 6) is 0. The summed E-state index contributed by atoms with van der Waals surface area (Å²) in [5, 5.41) is 13.5. The Kier molecular flexibility index (Phi) is 5.52. The quantitative estimate of drug-likeness (QED) is 0.832. The molecule has 1 saturated heterocycles. The van der Waals surface area contributed by atoms with E-state index in [9.17, 15) is 5.11 Å². The highest BCUT2D eigenvalue weighted by atomic mass is 16.3. The van der Waals surface area contributed by atoms with E-state index in [0.717, 1.165) is 44.6 Å². The smallest absolute Gasteiger partial charge is 0.0741 e. The van der Waals surface area contributed by atoms with E-state index in [4.69, 9.17) is 0 Å². The molecule has 0 radical (unpaired) electrons. The van der Waals surface area contributed by atoms with Gasteiger partial charge in [-0.1, -0.05) is 13.0 Å². The maximum Gasteiger partial charge on any atom is 0.0741 e. The second kappa shape index (κ2) is 7.16. The standard InChI is InChI=1S/C16H27N3O/c1-3-16(2,20)13-18-14-7-10-19(11-8-14)12-15-6-4-5-9-17-15/h4-6,9,14,18,20H,3,7-8,10-13H2,1-2H3/t16-/m0/s1. The fraction of sp³-hybridized carbons (Fsp3) is 0.688. The van der Waals surface area contributed by atoms with Crippen molar-refractivity contribution in [1.29, 1.82) is 0 Å². The van der Waals surface area contributed by atoms with Crippen LogP contribution in [0, 0.1) is 0 Å². The molecule has 112 valence electrons. The molecule has 2 N–H and O–H groups in total. The Labute approximate surface area is 122 Å². The van der Waals surface area contributed by atoms with E-state index in [-0.39, 0.29) is 0 Å². The Morgan fingerprint density at radius 2 is 2.15 bits per heavy atom. The lowest BCUT2D eigenvalue weighted by molar-refractivity contribution is 0.0491. The number of pyridine rings is 1. The first-order valence-electron chi connectivity index (χ1n) is 7.67. The molecule has 4 heteroatoms. The van der Waals surface area contributed by atoms with Gasteiger partial charge in [-0.3, -0.25) is 9.88 Å². The Morgan fingerprint density at radius 1 is 1.40 bits per heavy atom. The van der Waals surface area contributed by atoms with Gasteiger partial charge >= 0.3 is 0 Å². The van der Waals surface area contributed by atoms with Gasteiger partial charge in [-0.15, -0.1) is 0 Å². The van der Waals surface area contributed by atoms with Gasteiger partial charge in [0.15, 0.2) is 0 Å². The lowest BCUT2D eigenvalue weighted by atomic mass is 10.0. The molecular formula is C16H27N3O. The molecule has 0 spiro atoms. The normalized spacial score (nSPS) is 20.8. The zero-order chi connectivity index (χ0) is 14.4. The van der Waals surface area contributed by atoms with Crippen molar-refractivity contribution in [1.82, 2.24) is 15.2 Å². The zero-order valence-electron chi connectivity index (χ0n) is 12.7. The highest BCUT2D eigenvalue weighted by molar-refractivity contribution is 5.03. The van der Waals surface area contributed by atoms with Gasteiger partial charge in [0.1, 0.15) is 0 Å². The van der Waals surface area contributed by atoms with Crippen LogP contribution < -0.4 is 5.32 Å². The van der Waals surface area contributed by atoms with Crippen molar-refractivity contribution in [2.24, 2.45) is 0 Å². The molecule has 1 aliphatic heterocycles. The summed E-state index contributed by atoms with van der Waals surface area (Å²) in [6.45, 7) is 7.76. The third-order valence-electron chi connectivity index (χ3n) is 4.23. The fourth-order valence-corrected chi connectivity index (χ4v) is 2.51. The molecule has 0 bridgehead atoms. The van der Waals surface area contributed by atoms with Crippen LogP contribution in [0.25, 0.3) is 0 Å². The van der Waals surface area contributed by atoms with Crippen LogP contribution in [0.2, 0.25) is 0 Å². The molecule has 4 nitrogen and oxygen atoms in total. The van der Waals surface area contributed by atoms with Crippen molar-refractivity contribution in [2.75, 3.05) is 19.6 Å². The van der Waals surface area contributed by atoms with Gasteiger partial charge in [0.2, 0.25) is 0 Å². The fourth-order valence-electron chi connectivity index (χ4n) is 2.51. The largest absolute Gasteiger partial charge is 0.389 e. The van der Waals surface area contributed by atoms with Gasteiger partial charge in [0.25, 0.3) is 0 Å². The first-order chi connectivity index (χ1) is 9.59. The van der Waals surface area contributed by atoms with Crippen LogP contribution in [0.3, 0.4) is 0 Å². The minimum atomic E-state index is -0.578. The summed E-state index contributed by atoms with van der Waals surface area (Å²) >= 11 is 0. The molecule has 2 rings (SSSR count). The van der Waals surface area contributed by atoms with E-state index in [1.54, 1.807) is 0 Å². The Morgan fingerprint density at radius 3 is 2.75 bits per heavy atom. The van der Waals surface area contributed by atoms with E-state index in [1.807, 2.05) is 32.2 Å². The third kappa shape index (κ3) is 4.85. The molecule has 0 amide bonds. The summed E-state index contributed by atoms with van der Waals surface area (Å²) in [6, 6.07) is 6.62. The Balaban J connectivity index is 1.70. The van der Waals surface area contributed by atoms with Crippen LogP contribution >= 0.6 is 0 Å². The number of aliphatic hydroxyl groups is 1. The SMILES string of the molecule is CC[C@](C)(O)CNC1CCN(Cc2ccccn2)CC1. The first kappa shape index (κ1) is 15.4. The van der Waals surface area contributed by atoms with Crippen molar-refractivity contribution >= 4 is 0 Å². The molecular weight excluding hydrogens is 250 g/mol. The number of piperidine rings is 1. The van der Waals surface area contributed by atoms with Crippen LogP contribution in [0.15, 0.2) is 24.4 Å². The lowest BCUT2D eigenvalue weighted by Crippen LogP contribution is -2.47. The molecule has 1 aromatic rings. The van der Waals surface area contributed by atoms with Crippen molar-refractivity contribution in [3.8, 4) is 0 Å². The third-order valence-corrected chi connectivity index (χ3v) is 4.23. The zero-order valence-corrected chi connectivity index (χ0v) is 12.7. The molecule has 0 aliphatic carbocycles. The number of nitrogens with one attached hydrogen (secondary N) is 1. The molecule has 0 saturated carbocycles. The van der Waals surface area contributed by atoms with Gasteiger partial charge < -0.3 is 10.4 Å². The molecule has 1 atom stereocenters. The lowest BCUT2D eigenvalue weighted by Gasteiger charge is -2.34. The van der Waals surface area contributed by atoms with E-state index in [1.165, 1.54) is 0 Å². The van der Waals surface area contributed by atoms with E-state index < -0.39 is 5.60 Å². The van der Waals surface area contributed by atoms with Crippen LogP contribution in [0.4, 0.5) is 0 Å². The monoisotopic (exact) mass is 277 g/mol. The van der Waals surface area contributed by atoms with Gasteiger partial charge in [-0.05, 0) is 38.3 Å². The van der Waals surface area contributed by atoms with Crippen molar-refractivity contribution < 1.29 is 5.11 Å². The number of nitrogens with zero attached hydrogens (tertiary/aromatic N) is 2. The second-order valence-electron chi connectivity index (χ2n) is 6.10. The second-order valence-corrected chi connectivity index (χ2v) is 6.10. The van der Waals surface area contributed by atoms with Crippen molar-refractivity contribution in [3.05, 3.63) is 30.1 Å². The predicted octanol–water partition coefficient (Wildman–Crippen LogP) is 1.80. The summed E-state index contributed by atoms with van der Waals surface area (Å²) in [7, 11) is 0. The van der Waals surface area contributed by atoms with Crippen molar-refractivity contribution in [3.63, 3.8) is 0 Å². The molecule has 1 aromatic heterocycles. The highest BCUT2D eigenvalue weighted by Crippen LogP contribution is 2.14. The molecule has 20 heavy (non-hydrogen) atoms. The minimum Gasteiger partial charge on any atom is -0.389 e. The first-order valence-corrected chi connectivity index (χ1v) is 7.67. The van der Waals surface area contributed by atoms with Gasteiger partial charge in [-0.25, -0.2) is 0 Å². The summed E-state index contributed by atoms with van der Waals surface area (Å²) in [5.41, 5.74) is 0.568. The van der Waals surface area contributed by atoms with Gasteiger partial charge in [-0.2, -0.15) is 0 Å². The number of aromatic nitrogens is 1. The van der Waals surface area contributed by atoms with E-state index >= 15 is 0 Å². The maximum atomic E-state index is 10.0. The van der Waals surface area contributed by atoms with Crippen molar-refractivity contribution in [2.45, 2.75) is 51.3 Å². The van der Waals surface area contributed by atoms with Crippen LogP contribution in [-0.4, -0.2) is 46.3 Å². The number of hydrogen-bond donors (Lipinski definition) is 2. The number of hydrogen-bond acceptors (Lipinski definition) is 4. The van der Waals surface area contributed by atoms with Gasteiger partial charge in [0, 0.05) is 38.4 Å². The highest BCUT2D eigenvalue weighted by Gasteiger charge is 2.23. The molecule has 1 fully saturated rings. The molecule has 0 unspecified atom stereocenters. The van der Waals surface area contributed by atoms with E-state index in [2.05, 4.69) is 21.3 Å². The van der Waals surface area contributed by atoms with Gasteiger partial charge in [0.05, 0.1) is 11.3 Å². The number of rotatable bonds is 6. The molecule has 1 aliphatic rings. The Hall–Kier alpha value is -0.970. The molecule has 0 aromatic carbocycles. The summed E-state index contributed by atoms with van der Waals surface area (Å²) < 4.78 is 0. The average Bonchev–Trinajstić information content (AvgIpc) is 2.48. The van der Waals surface area contributed by atoms with E-state index in [0.29, 0.717) is 12.6 Å². The number of likely N-dealkylation sites (tertiary alicyclic amines) is 1. The summed E-state index contributed by atoms with van der Waals surface area (Å²) in [6.07, 6.45) is 4.94. The van der Waals surface area contributed by atoms with Crippen LogP contribution in [-0.2, 0) is 6.54 Å².